The van der Waals surface area contributed by atoms with Crippen molar-refractivity contribution >= 4 is 29.1 Å². The summed E-state index contributed by atoms with van der Waals surface area (Å²) >= 11 is 0. The maximum absolute atomic E-state index is 11.8. The Morgan fingerprint density at radius 3 is 2.33 bits per heavy atom. The average Bonchev–Trinajstić information content (AvgIpc) is 2.41. The first-order chi connectivity index (χ1) is 10.0. The van der Waals surface area contributed by atoms with Gasteiger partial charge in [-0.05, 0) is 36.4 Å². The molecule has 0 saturated heterocycles. The number of urea groups is 1. The van der Waals surface area contributed by atoms with Crippen LogP contribution in [0.2, 0.25) is 0 Å². The summed E-state index contributed by atoms with van der Waals surface area (Å²) in [6.07, 6.45) is 0. The van der Waals surface area contributed by atoms with Gasteiger partial charge < -0.3 is 21.1 Å². The molecule has 0 aliphatic rings. The molecule has 0 saturated carbocycles. The standard InChI is InChI=1S/C15H15N3O3/c1-10(19)21-14-4-2-3-13(9-14)18-15(20)17-12-7-5-11(16)6-8-12/h2-9H,16H2,1H3,(H2,17,18,20). The highest BCUT2D eigenvalue weighted by Crippen LogP contribution is 2.18. The van der Waals surface area contributed by atoms with Gasteiger partial charge in [0.15, 0.2) is 0 Å². The number of nitrogens with one attached hydrogen (secondary N) is 2. The molecule has 2 amide bonds. The third-order valence-electron chi connectivity index (χ3n) is 2.52. The molecule has 0 radical (unpaired) electrons. The summed E-state index contributed by atoms with van der Waals surface area (Å²) in [5, 5.41) is 5.31. The van der Waals surface area contributed by atoms with Crippen LogP contribution in [0, 0.1) is 0 Å². The lowest BCUT2D eigenvalue weighted by atomic mass is 10.3. The highest BCUT2D eigenvalue weighted by molar-refractivity contribution is 5.99. The fraction of sp³-hybridized carbons (Fsp3) is 0.0667. The van der Waals surface area contributed by atoms with Gasteiger partial charge in [-0.1, -0.05) is 6.07 Å². The number of anilines is 3. The van der Waals surface area contributed by atoms with Crippen LogP contribution in [0.25, 0.3) is 0 Å². The predicted molar refractivity (Wildman–Crippen MR) is 81.2 cm³/mol. The Labute approximate surface area is 121 Å². The van der Waals surface area contributed by atoms with Gasteiger partial charge in [0.1, 0.15) is 5.75 Å². The maximum atomic E-state index is 11.8. The summed E-state index contributed by atoms with van der Waals surface area (Å²) in [6.45, 7) is 1.31. The molecule has 0 unspecified atom stereocenters. The number of rotatable bonds is 3. The number of esters is 1. The highest BCUT2D eigenvalue weighted by atomic mass is 16.5. The molecule has 0 aliphatic heterocycles. The molecule has 0 fully saturated rings. The van der Waals surface area contributed by atoms with Crippen molar-refractivity contribution in [2.75, 3.05) is 16.4 Å². The van der Waals surface area contributed by atoms with Crippen molar-refractivity contribution in [2.45, 2.75) is 6.92 Å². The van der Waals surface area contributed by atoms with Gasteiger partial charge in [0.05, 0.1) is 0 Å². The molecular formula is C15H15N3O3. The number of ether oxygens (including phenoxy) is 1. The van der Waals surface area contributed by atoms with Gasteiger partial charge in [0, 0.05) is 30.1 Å². The summed E-state index contributed by atoms with van der Waals surface area (Å²) in [4.78, 5) is 22.7. The SMILES string of the molecule is CC(=O)Oc1cccc(NC(=O)Nc2ccc(N)cc2)c1. The summed E-state index contributed by atoms with van der Waals surface area (Å²) in [6, 6.07) is 12.9. The predicted octanol–water partition coefficient (Wildman–Crippen LogP) is 2.84. The minimum atomic E-state index is -0.418. The molecule has 2 rings (SSSR count). The Morgan fingerprint density at radius 1 is 1.00 bits per heavy atom. The molecule has 4 N–H and O–H groups in total. The Kier molecular flexibility index (Phi) is 4.40. The summed E-state index contributed by atoms with van der Waals surface area (Å²) in [5.74, 6) is -0.0498. The van der Waals surface area contributed by atoms with Gasteiger partial charge in [0.25, 0.3) is 0 Å². The van der Waals surface area contributed by atoms with E-state index >= 15 is 0 Å². The largest absolute Gasteiger partial charge is 0.427 e. The van der Waals surface area contributed by atoms with Gasteiger partial charge in [0.2, 0.25) is 0 Å². The Morgan fingerprint density at radius 2 is 1.67 bits per heavy atom. The normalized spacial score (nSPS) is 9.76. The topological polar surface area (TPSA) is 93.4 Å². The first-order valence-electron chi connectivity index (χ1n) is 6.25. The number of hydrogen-bond donors (Lipinski definition) is 3. The van der Waals surface area contributed by atoms with E-state index in [9.17, 15) is 9.59 Å². The van der Waals surface area contributed by atoms with E-state index in [1.54, 1.807) is 48.5 Å². The van der Waals surface area contributed by atoms with Gasteiger partial charge >= 0.3 is 12.0 Å². The maximum Gasteiger partial charge on any atom is 0.323 e. The van der Waals surface area contributed by atoms with Crippen LogP contribution in [0.5, 0.6) is 5.75 Å². The number of hydrogen-bond acceptors (Lipinski definition) is 4. The van der Waals surface area contributed by atoms with Crippen LogP contribution in [0.4, 0.5) is 21.9 Å². The van der Waals surface area contributed by atoms with Gasteiger partial charge in [-0.15, -0.1) is 0 Å². The lowest BCUT2D eigenvalue weighted by Crippen LogP contribution is -2.19. The van der Waals surface area contributed by atoms with Crippen LogP contribution in [0.3, 0.4) is 0 Å². The Balaban J connectivity index is 1.99. The van der Waals surface area contributed by atoms with Crippen LogP contribution < -0.4 is 21.1 Å². The van der Waals surface area contributed by atoms with E-state index in [1.807, 2.05) is 0 Å². The van der Waals surface area contributed by atoms with E-state index < -0.39 is 12.0 Å². The third-order valence-corrected chi connectivity index (χ3v) is 2.52. The monoisotopic (exact) mass is 285 g/mol. The molecule has 6 nitrogen and oxygen atoms in total. The number of carbonyl (C=O) groups excluding carboxylic acids is 2. The second-order valence-electron chi connectivity index (χ2n) is 4.32. The van der Waals surface area contributed by atoms with Crippen LogP contribution in [-0.2, 0) is 4.79 Å². The van der Waals surface area contributed by atoms with Crippen molar-refractivity contribution in [1.82, 2.24) is 0 Å². The first-order valence-corrected chi connectivity index (χ1v) is 6.25. The van der Waals surface area contributed by atoms with E-state index in [2.05, 4.69) is 10.6 Å². The molecule has 0 bridgehead atoms. The molecule has 2 aromatic carbocycles. The first kappa shape index (κ1) is 14.4. The van der Waals surface area contributed by atoms with Crippen molar-refractivity contribution in [3.63, 3.8) is 0 Å². The van der Waals surface area contributed by atoms with E-state index in [0.717, 1.165) is 0 Å². The zero-order valence-corrected chi connectivity index (χ0v) is 11.4. The zero-order valence-electron chi connectivity index (χ0n) is 11.4. The van der Waals surface area contributed by atoms with Crippen molar-refractivity contribution in [2.24, 2.45) is 0 Å². The molecule has 0 heterocycles. The molecule has 108 valence electrons. The minimum Gasteiger partial charge on any atom is -0.427 e. The molecule has 0 spiro atoms. The van der Waals surface area contributed by atoms with Gasteiger partial charge in [-0.3, -0.25) is 4.79 Å². The number of benzene rings is 2. The summed E-state index contributed by atoms with van der Waals surface area (Å²) < 4.78 is 4.94. The number of nitrogens with two attached hydrogens (primary N) is 1. The fourth-order valence-electron chi connectivity index (χ4n) is 1.66. The highest BCUT2D eigenvalue weighted by Gasteiger charge is 2.04. The lowest BCUT2D eigenvalue weighted by molar-refractivity contribution is -0.131. The average molecular weight is 285 g/mol. The van der Waals surface area contributed by atoms with E-state index in [1.165, 1.54) is 6.92 Å². The van der Waals surface area contributed by atoms with Crippen molar-refractivity contribution < 1.29 is 14.3 Å². The van der Waals surface area contributed by atoms with Crippen LogP contribution in [-0.4, -0.2) is 12.0 Å². The molecule has 0 aliphatic carbocycles. The smallest absolute Gasteiger partial charge is 0.323 e. The summed E-state index contributed by atoms with van der Waals surface area (Å²) in [7, 11) is 0. The van der Waals surface area contributed by atoms with Gasteiger partial charge in [-0.25, -0.2) is 4.79 Å². The number of amides is 2. The van der Waals surface area contributed by atoms with Crippen LogP contribution in [0.1, 0.15) is 6.92 Å². The molecule has 0 atom stereocenters. The fourth-order valence-corrected chi connectivity index (χ4v) is 1.66. The molecular weight excluding hydrogens is 270 g/mol. The van der Waals surface area contributed by atoms with E-state index in [4.69, 9.17) is 10.5 Å². The molecule has 21 heavy (non-hydrogen) atoms. The van der Waals surface area contributed by atoms with Crippen molar-refractivity contribution in [3.8, 4) is 5.75 Å². The molecule has 2 aromatic rings. The second kappa shape index (κ2) is 6.42. The number of nitrogen functional groups attached to an aromatic ring is 1. The molecule has 0 aromatic heterocycles. The van der Waals surface area contributed by atoms with E-state index in [-0.39, 0.29) is 0 Å². The van der Waals surface area contributed by atoms with Gasteiger partial charge in [-0.2, -0.15) is 0 Å². The van der Waals surface area contributed by atoms with E-state index in [0.29, 0.717) is 22.8 Å². The van der Waals surface area contributed by atoms with Crippen molar-refractivity contribution in [3.05, 3.63) is 48.5 Å². The lowest BCUT2D eigenvalue weighted by Gasteiger charge is -2.09. The zero-order chi connectivity index (χ0) is 15.2. The van der Waals surface area contributed by atoms with Crippen LogP contribution in [0.15, 0.2) is 48.5 Å². The minimum absolute atomic E-state index is 0.368. The second-order valence-corrected chi connectivity index (χ2v) is 4.32. The Hall–Kier alpha value is -3.02. The van der Waals surface area contributed by atoms with Crippen molar-refractivity contribution in [1.29, 1.82) is 0 Å². The third kappa shape index (κ3) is 4.54. The van der Waals surface area contributed by atoms with Crippen LogP contribution >= 0.6 is 0 Å². The Bertz CT molecular complexity index is 653. The summed E-state index contributed by atoms with van der Waals surface area (Å²) in [5.41, 5.74) is 7.33. The quantitative estimate of drug-likeness (QED) is 0.459. The molecule has 6 heteroatoms. The number of carbonyl (C=O) groups is 2.